The normalized spacial score (nSPS) is 24.9. The number of fused-ring (bicyclic) bond motifs is 3. The van der Waals surface area contributed by atoms with Crippen LogP contribution in [0.4, 0.5) is 0 Å². The summed E-state index contributed by atoms with van der Waals surface area (Å²) in [5.41, 5.74) is 0.757. The predicted octanol–water partition coefficient (Wildman–Crippen LogP) is 1.92. The summed E-state index contributed by atoms with van der Waals surface area (Å²) in [5.74, 6) is 0.722. The van der Waals surface area contributed by atoms with Crippen LogP contribution < -0.4 is 9.67 Å². The Bertz CT molecular complexity index is 739. The summed E-state index contributed by atoms with van der Waals surface area (Å²) < 4.78 is 1.33. The van der Waals surface area contributed by atoms with Crippen molar-refractivity contribution in [1.82, 2.24) is 10.2 Å². The summed E-state index contributed by atoms with van der Waals surface area (Å²) in [6, 6.07) is 16.9. The monoisotopic (exact) mass is 414 g/mol. The first-order valence-corrected chi connectivity index (χ1v) is 10.9. The molecular weight excluding hydrogens is 391 g/mol. The van der Waals surface area contributed by atoms with Crippen LogP contribution in [0.2, 0.25) is 0 Å². The number of nitrogens with zero attached hydrogens (tertiary/aromatic N) is 1. The van der Waals surface area contributed by atoms with E-state index in [-0.39, 0.29) is 5.91 Å². The summed E-state index contributed by atoms with van der Waals surface area (Å²) in [6.45, 7) is 3.41. The van der Waals surface area contributed by atoms with Crippen LogP contribution in [0, 0.1) is 5.92 Å². The standard InChI is InChI=1S/C20H23AsN2OS/c21-16-3-7-18(8-4-16)25-17-5-1-15(2-6-17)20(24)22-19-13-23-11-9-14(19)10-12-23/h1-8,14,19H,9-13,21H2,(H,22,24)/t19-/m0/s1. The average molecular weight is 414 g/mol. The Morgan fingerprint density at radius 3 is 2.16 bits per heavy atom. The van der Waals surface area contributed by atoms with Gasteiger partial charge in [-0.15, -0.1) is 0 Å². The van der Waals surface area contributed by atoms with Crippen LogP contribution in [-0.2, 0) is 0 Å². The number of carbonyl (C=O) groups excluding carboxylic acids is 1. The van der Waals surface area contributed by atoms with Gasteiger partial charge in [0, 0.05) is 6.54 Å². The molecule has 1 N–H and O–H groups in total. The van der Waals surface area contributed by atoms with Gasteiger partial charge in [-0.1, -0.05) is 0 Å². The first-order valence-electron chi connectivity index (χ1n) is 8.84. The van der Waals surface area contributed by atoms with Crippen molar-refractivity contribution in [3.8, 4) is 0 Å². The number of carbonyl (C=O) groups is 1. The molecule has 1 unspecified atom stereocenters. The molecule has 3 nitrogen and oxygen atoms in total. The van der Waals surface area contributed by atoms with E-state index in [1.807, 2.05) is 24.3 Å². The molecule has 1 amide bonds. The molecule has 3 saturated heterocycles. The third-order valence-corrected chi connectivity index (χ3v) is 7.03. The molecule has 0 aliphatic carbocycles. The van der Waals surface area contributed by atoms with Gasteiger partial charge in [-0.2, -0.15) is 0 Å². The zero-order chi connectivity index (χ0) is 17.2. The quantitative estimate of drug-likeness (QED) is 0.776. The summed E-state index contributed by atoms with van der Waals surface area (Å²) in [7, 11) is 0. The summed E-state index contributed by atoms with van der Waals surface area (Å²) in [4.78, 5) is 17.4. The van der Waals surface area contributed by atoms with Gasteiger partial charge in [0.2, 0.25) is 0 Å². The van der Waals surface area contributed by atoms with Gasteiger partial charge in [-0.05, 0) is 31.8 Å². The molecule has 3 aliphatic heterocycles. The maximum atomic E-state index is 12.6. The first-order chi connectivity index (χ1) is 12.2. The molecular formula is C20H23AsN2OS. The molecule has 0 saturated carbocycles. The Morgan fingerprint density at radius 2 is 1.60 bits per heavy atom. The van der Waals surface area contributed by atoms with E-state index < -0.39 is 0 Å². The summed E-state index contributed by atoms with van der Waals surface area (Å²) in [6.07, 6.45) is 2.44. The van der Waals surface area contributed by atoms with E-state index in [1.165, 1.54) is 35.2 Å². The van der Waals surface area contributed by atoms with Gasteiger partial charge < -0.3 is 4.90 Å². The van der Waals surface area contributed by atoms with Gasteiger partial charge in [-0.25, -0.2) is 0 Å². The molecule has 5 heteroatoms. The fraction of sp³-hybridized carbons (Fsp3) is 0.350. The maximum absolute atomic E-state index is 12.6. The molecule has 5 rings (SSSR count). The van der Waals surface area contributed by atoms with Crippen LogP contribution in [0.1, 0.15) is 23.2 Å². The van der Waals surface area contributed by atoms with Gasteiger partial charge in [0.05, 0.1) is 0 Å². The van der Waals surface area contributed by atoms with E-state index in [2.05, 4.69) is 34.5 Å². The summed E-state index contributed by atoms with van der Waals surface area (Å²) >= 11 is 3.37. The number of nitrogens with one attached hydrogen (secondary N) is 1. The number of hydrogen-bond donors (Lipinski definition) is 1. The van der Waals surface area contributed by atoms with Crippen molar-refractivity contribution < 1.29 is 4.79 Å². The Labute approximate surface area is 162 Å². The number of benzene rings is 2. The zero-order valence-electron chi connectivity index (χ0n) is 14.2. The molecule has 25 heavy (non-hydrogen) atoms. The molecule has 130 valence electrons. The van der Waals surface area contributed by atoms with Crippen LogP contribution >= 0.6 is 11.8 Å². The van der Waals surface area contributed by atoms with Crippen molar-refractivity contribution in [2.45, 2.75) is 28.7 Å². The first kappa shape index (κ1) is 17.2. The van der Waals surface area contributed by atoms with E-state index in [0.717, 1.165) is 17.0 Å². The molecule has 0 spiro atoms. The zero-order valence-corrected chi connectivity index (χ0v) is 17.4. The van der Waals surface area contributed by atoms with Crippen LogP contribution in [0.15, 0.2) is 58.3 Å². The van der Waals surface area contributed by atoms with Gasteiger partial charge in [0.15, 0.2) is 0 Å². The predicted molar refractivity (Wildman–Crippen MR) is 106 cm³/mol. The Kier molecular flexibility index (Phi) is 5.21. The van der Waals surface area contributed by atoms with Gasteiger partial charge in [-0.3, -0.25) is 0 Å². The van der Waals surface area contributed by atoms with E-state index in [4.69, 9.17) is 0 Å². The molecule has 3 aliphatic rings. The Balaban J connectivity index is 1.38. The molecule has 3 fully saturated rings. The minimum absolute atomic E-state index is 0.0628. The Morgan fingerprint density at radius 1 is 1.00 bits per heavy atom. The molecule has 0 aromatic heterocycles. The molecule has 2 aromatic rings. The SMILES string of the molecule is O=C(N[C@H]1CN2CCC1CC2)c1ccc(Sc2ccc([AsH2])cc2)cc1. The molecule has 3 heterocycles. The van der Waals surface area contributed by atoms with Crippen LogP contribution in [0.3, 0.4) is 0 Å². The number of piperidine rings is 3. The van der Waals surface area contributed by atoms with E-state index >= 15 is 0 Å². The van der Waals surface area contributed by atoms with Crippen molar-refractivity contribution >= 4 is 38.9 Å². The van der Waals surface area contributed by atoms with Crippen LogP contribution in [-0.4, -0.2) is 53.3 Å². The van der Waals surface area contributed by atoms with Crippen molar-refractivity contribution in [2.24, 2.45) is 5.92 Å². The second kappa shape index (κ2) is 7.57. The fourth-order valence-corrected chi connectivity index (χ4v) is 4.95. The van der Waals surface area contributed by atoms with Crippen molar-refractivity contribution in [2.75, 3.05) is 19.6 Å². The second-order valence-corrected chi connectivity index (χ2v) is 9.46. The van der Waals surface area contributed by atoms with Gasteiger partial charge in [0.25, 0.3) is 0 Å². The number of amides is 1. The van der Waals surface area contributed by atoms with Crippen LogP contribution in [0.5, 0.6) is 0 Å². The van der Waals surface area contributed by atoms with Crippen molar-refractivity contribution in [3.05, 3.63) is 54.1 Å². The molecule has 0 radical (unpaired) electrons. The van der Waals surface area contributed by atoms with Crippen LogP contribution in [0.25, 0.3) is 0 Å². The number of rotatable bonds is 4. The molecule has 2 aromatic carbocycles. The Hall–Kier alpha value is -1.22. The van der Waals surface area contributed by atoms with Crippen molar-refractivity contribution in [3.63, 3.8) is 0 Å². The minimum atomic E-state index is 0.0628. The third-order valence-electron chi connectivity index (χ3n) is 5.20. The van der Waals surface area contributed by atoms with E-state index in [0.29, 0.717) is 12.0 Å². The molecule has 2 bridgehead atoms. The topological polar surface area (TPSA) is 32.3 Å². The number of hydrogen-bond acceptors (Lipinski definition) is 3. The fourth-order valence-electron chi connectivity index (χ4n) is 3.73. The van der Waals surface area contributed by atoms with Gasteiger partial charge >= 0.3 is 119 Å². The average Bonchev–Trinajstić information content (AvgIpc) is 2.65. The third kappa shape index (κ3) is 4.13. The summed E-state index contributed by atoms with van der Waals surface area (Å²) in [5, 5.41) is 3.26. The second-order valence-electron chi connectivity index (χ2n) is 6.91. The molecule has 2 atom stereocenters. The van der Waals surface area contributed by atoms with Gasteiger partial charge in [0.1, 0.15) is 0 Å². The van der Waals surface area contributed by atoms with E-state index in [9.17, 15) is 4.79 Å². The van der Waals surface area contributed by atoms with E-state index in [1.54, 1.807) is 28.6 Å². The van der Waals surface area contributed by atoms with Crippen molar-refractivity contribution in [1.29, 1.82) is 0 Å².